The molecule has 0 fully saturated rings. The number of alkyl halides is 3. The molecule has 130 valence electrons. The Bertz CT molecular complexity index is 958. The van der Waals surface area contributed by atoms with Crippen LogP contribution >= 0.6 is 0 Å². The van der Waals surface area contributed by atoms with E-state index in [0.29, 0.717) is 5.65 Å². The summed E-state index contributed by atoms with van der Waals surface area (Å²) in [5.74, 6) is -0.773. The summed E-state index contributed by atoms with van der Waals surface area (Å²) in [6, 6.07) is 8.78. The van der Waals surface area contributed by atoms with E-state index >= 15 is 0 Å². The van der Waals surface area contributed by atoms with Crippen molar-refractivity contribution in [2.24, 2.45) is 0 Å². The number of ether oxygens (including phenoxy) is 1. The number of carbonyl (C=O) groups excluding carboxylic acids is 1. The van der Waals surface area contributed by atoms with E-state index in [4.69, 9.17) is 4.74 Å². The Labute approximate surface area is 139 Å². The van der Waals surface area contributed by atoms with Gasteiger partial charge in [0.1, 0.15) is 6.61 Å². The number of pyridine rings is 1. The van der Waals surface area contributed by atoms with Crippen molar-refractivity contribution in [1.82, 2.24) is 14.2 Å². The molecule has 0 aliphatic carbocycles. The molecule has 0 radical (unpaired) electrons. The molecule has 0 bridgehead atoms. The van der Waals surface area contributed by atoms with Crippen molar-refractivity contribution in [3.05, 3.63) is 70.3 Å². The Morgan fingerprint density at radius 2 is 1.84 bits per heavy atom. The van der Waals surface area contributed by atoms with Crippen molar-refractivity contribution in [2.45, 2.75) is 12.7 Å². The minimum atomic E-state index is -4.47. The minimum absolute atomic E-state index is 0.00431. The normalized spacial score (nSPS) is 11.6. The third kappa shape index (κ3) is 3.54. The average molecular weight is 351 g/mol. The maximum Gasteiger partial charge on any atom is 0.416 e. The quantitative estimate of drug-likeness (QED) is 0.677. The number of benzene rings is 1. The first kappa shape index (κ1) is 16.7. The van der Waals surface area contributed by atoms with Crippen LogP contribution in [0.2, 0.25) is 0 Å². The molecule has 2 heterocycles. The Balaban J connectivity index is 1.62. The second-order valence-corrected chi connectivity index (χ2v) is 5.15. The zero-order valence-corrected chi connectivity index (χ0v) is 12.7. The Hall–Kier alpha value is -3.10. The van der Waals surface area contributed by atoms with Crippen LogP contribution in [0.5, 0.6) is 0 Å². The fourth-order valence-electron chi connectivity index (χ4n) is 2.22. The Morgan fingerprint density at radius 3 is 2.48 bits per heavy atom. The third-order valence-corrected chi connectivity index (χ3v) is 3.47. The maximum atomic E-state index is 12.5. The van der Waals surface area contributed by atoms with Crippen molar-refractivity contribution < 1.29 is 22.7 Å². The number of carbonyl (C=O) groups is 1. The number of halogens is 3. The standard InChI is InChI=1S/C16H12F3N3O3/c17-16(18,19)12-6-4-11(5-7-12)14(23)25-10-9-22-15(24)21-8-2-1-3-13(21)20-22/h1-8H,9-10H2. The van der Waals surface area contributed by atoms with Gasteiger partial charge in [0.25, 0.3) is 0 Å². The van der Waals surface area contributed by atoms with Crippen LogP contribution < -0.4 is 5.69 Å². The molecule has 2 aromatic heterocycles. The molecule has 0 unspecified atom stereocenters. The molecular weight excluding hydrogens is 339 g/mol. The second kappa shape index (κ2) is 6.42. The minimum Gasteiger partial charge on any atom is -0.460 e. The van der Waals surface area contributed by atoms with Crippen LogP contribution in [0.25, 0.3) is 5.65 Å². The van der Waals surface area contributed by atoms with Crippen molar-refractivity contribution in [1.29, 1.82) is 0 Å². The van der Waals surface area contributed by atoms with E-state index in [1.165, 1.54) is 4.40 Å². The number of nitrogens with zero attached hydrogens (tertiary/aromatic N) is 3. The predicted molar refractivity (Wildman–Crippen MR) is 81.2 cm³/mol. The number of aromatic nitrogens is 3. The zero-order chi connectivity index (χ0) is 18.0. The van der Waals surface area contributed by atoms with E-state index < -0.39 is 17.7 Å². The molecule has 0 amide bonds. The van der Waals surface area contributed by atoms with Crippen LogP contribution in [-0.2, 0) is 17.5 Å². The fraction of sp³-hybridized carbons (Fsp3) is 0.188. The number of hydrogen-bond acceptors (Lipinski definition) is 4. The molecule has 6 nitrogen and oxygen atoms in total. The zero-order valence-electron chi connectivity index (χ0n) is 12.7. The van der Waals surface area contributed by atoms with Gasteiger partial charge in [0.2, 0.25) is 0 Å². The van der Waals surface area contributed by atoms with Crippen LogP contribution in [0.4, 0.5) is 13.2 Å². The lowest BCUT2D eigenvalue weighted by atomic mass is 10.1. The highest BCUT2D eigenvalue weighted by molar-refractivity contribution is 5.89. The summed E-state index contributed by atoms with van der Waals surface area (Å²) in [7, 11) is 0. The molecule has 25 heavy (non-hydrogen) atoms. The highest BCUT2D eigenvalue weighted by Crippen LogP contribution is 2.29. The van der Waals surface area contributed by atoms with Gasteiger partial charge in [-0.05, 0) is 36.4 Å². The summed E-state index contributed by atoms with van der Waals surface area (Å²) in [5, 5.41) is 4.07. The molecular formula is C16H12F3N3O3. The molecule has 1 aromatic carbocycles. The van der Waals surface area contributed by atoms with Crippen LogP contribution in [0.1, 0.15) is 15.9 Å². The topological polar surface area (TPSA) is 65.6 Å². The molecule has 0 saturated heterocycles. The van der Waals surface area contributed by atoms with E-state index in [-0.39, 0.29) is 24.4 Å². The third-order valence-electron chi connectivity index (χ3n) is 3.47. The fourth-order valence-corrected chi connectivity index (χ4v) is 2.22. The average Bonchev–Trinajstić information content (AvgIpc) is 2.91. The van der Waals surface area contributed by atoms with Crippen molar-refractivity contribution >= 4 is 11.6 Å². The Kier molecular flexibility index (Phi) is 4.30. The van der Waals surface area contributed by atoms with Crippen molar-refractivity contribution in [2.75, 3.05) is 6.61 Å². The summed E-state index contributed by atoms with van der Waals surface area (Å²) in [6.45, 7) is -0.101. The van der Waals surface area contributed by atoms with Gasteiger partial charge in [-0.1, -0.05) is 6.07 Å². The molecule has 9 heteroatoms. The smallest absolute Gasteiger partial charge is 0.416 e. The van der Waals surface area contributed by atoms with Crippen LogP contribution in [-0.4, -0.2) is 26.8 Å². The molecule has 0 atom stereocenters. The first-order chi connectivity index (χ1) is 11.9. The van der Waals surface area contributed by atoms with Gasteiger partial charge in [0.05, 0.1) is 17.7 Å². The summed E-state index contributed by atoms with van der Waals surface area (Å²) in [4.78, 5) is 23.9. The highest BCUT2D eigenvalue weighted by atomic mass is 19.4. The van der Waals surface area contributed by atoms with Gasteiger partial charge in [-0.15, -0.1) is 5.10 Å². The molecule has 0 spiro atoms. The lowest BCUT2D eigenvalue weighted by Crippen LogP contribution is -2.24. The first-order valence-corrected chi connectivity index (χ1v) is 7.25. The molecule has 3 rings (SSSR count). The molecule has 0 N–H and O–H groups in total. The van der Waals surface area contributed by atoms with E-state index in [1.807, 2.05) is 0 Å². The monoisotopic (exact) mass is 351 g/mol. The molecule has 3 aromatic rings. The second-order valence-electron chi connectivity index (χ2n) is 5.15. The first-order valence-electron chi connectivity index (χ1n) is 7.25. The van der Waals surface area contributed by atoms with Gasteiger partial charge < -0.3 is 4.74 Å². The summed E-state index contributed by atoms with van der Waals surface area (Å²) >= 11 is 0. The van der Waals surface area contributed by atoms with Gasteiger partial charge in [0, 0.05) is 6.20 Å². The number of esters is 1. The predicted octanol–water partition coefficient (Wildman–Crippen LogP) is 2.37. The largest absolute Gasteiger partial charge is 0.460 e. The number of hydrogen-bond donors (Lipinski definition) is 0. The van der Waals surface area contributed by atoms with E-state index in [9.17, 15) is 22.8 Å². The summed E-state index contributed by atoms with van der Waals surface area (Å²) in [6.07, 6.45) is -2.90. The summed E-state index contributed by atoms with van der Waals surface area (Å²) < 4.78 is 44.9. The van der Waals surface area contributed by atoms with Crippen molar-refractivity contribution in [3.63, 3.8) is 0 Å². The number of rotatable bonds is 4. The lowest BCUT2D eigenvalue weighted by Gasteiger charge is -2.08. The van der Waals surface area contributed by atoms with Gasteiger partial charge >= 0.3 is 17.8 Å². The van der Waals surface area contributed by atoms with Gasteiger partial charge in [-0.3, -0.25) is 4.40 Å². The van der Waals surface area contributed by atoms with Crippen LogP contribution in [0.15, 0.2) is 53.5 Å². The molecule has 0 saturated carbocycles. The van der Waals surface area contributed by atoms with E-state index in [1.54, 1.807) is 24.4 Å². The maximum absolute atomic E-state index is 12.5. The van der Waals surface area contributed by atoms with E-state index in [2.05, 4.69) is 5.10 Å². The molecule has 0 aliphatic rings. The lowest BCUT2D eigenvalue weighted by molar-refractivity contribution is -0.137. The summed E-state index contributed by atoms with van der Waals surface area (Å²) in [5.41, 5.74) is -0.765. The highest BCUT2D eigenvalue weighted by Gasteiger charge is 2.30. The van der Waals surface area contributed by atoms with Crippen molar-refractivity contribution in [3.8, 4) is 0 Å². The number of fused-ring (bicyclic) bond motifs is 1. The van der Waals surface area contributed by atoms with Crippen LogP contribution in [0.3, 0.4) is 0 Å². The molecule has 0 aliphatic heterocycles. The van der Waals surface area contributed by atoms with Crippen LogP contribution in [0, 0.1) is 0 Å². The SMILES string of the molecule is O=C(OCCn1nc2ccccn2c1=O)c1ccc(C(F)(F)F)cc1. The van der Waals surface area contributed by atoms with Gasteiger partial charge in [-0.2, -0.15) is 13.2 Å². The van der Waals surface area contributed by atoms with Gasteiger partial charge in [-0.25, -0.2) is 14.3 Å². The van der Waals surface area contributed by atoms with E-state index in [0.717, 1.165) is 28.9 Å². The van der Waals surface area contributed by atoms with Gasteiger partial charge in [0.15, 0.2) is 5.65 Å². The Morgan fingerprint density at radius 1 is 1.12 bits per heavy atom.